The third kappa shape index (κ3) is 4.35. The van der Waals surface area contributed by atoms with Crippen LogP contribution >= 0.6 is 15.9 Å². The van der Waals surface area contributed by atoms with Crippen LogP contribution in [0.5, 0.6) is 5.75 Å². The molecule has 0 saturated heterocycles. The van der Waals surface area contributed by atoms with E-state index < -0.39 is 23.8 Å². The van der Waals surface area contributed by atoms with Crippen molar-refractivity contribution in [1.82, 2.24) is 5.32 Å². The number of hydrogen-bond acceptors (Lipinski definition) is 6. The van der Waals surface area contributed by atoms with Gasteiger partial charge in [-0.05, 0) is 44.5 Å². The third-order valence-electron chi connectivity index (χ3n) is 4.35. The standard InChI is InChI=1S/C20H24BrNO5/c1-6-26-19(23)16-11(3)22-12(4)17(20(24)27-7-2)18(16)14-10-13(25-5)8-9-15(14)21/h8-10,16,18,22H,3,6-7H2,1-2,4-5H3. The Morgan fingerprint density at radius 3 is 2.48 bits per heavy atom. The first-order valence-corrected chi connectivity index (χ1v) is 9.48. The summed E-state index contributed by atoms with van der Waals surface area (Å²) in [7, 11) is 1.56. The van der Waals surface area contributed by atoms with E-state index >= 15 is 0 Å². The van der Waals surface area contributed by atoms with Gasteiger partial charge in [0.1, 0.15) is 11.7 Å². The molecule has 0 aromatic heterocycles. The lowest BCUT2D eigenvalue weighted by Crippen LogP contribution is -2.40. The molecular weight excluding hydrogens is 414 g/mol. The van der Waals surface area contributed by atoms with Crippen molar-refractivity contribution in [2.45, 2.75) is 26.7 Å². The summed E-state index contributed by atoms with van der Waals surface area (Å²) in [5.41, 5.74) is 2.16. The van der Waals surface area contributed by atoms with Crippen LogP contribution in [-0.2, 0) is 19.1 Å². The van der Waals surface area contributed by atoms with Crippen LogP contribution in [0.25, 0.3) is 0 Å². The van der Waals surface area contributed by atoms with E-state index in [0.29, 0.717) is 22.7 Å². The lowest BCUT2D eigenvalue weighted by Gasteiger charge is -2.35. The Kier molecular flexibility index (Phi) is 7.07. The fourth-order valence-electron chi connectivity index (χ4n) is 3.21. The van der Waals surface area contributed by atoms with Gasteiger partial charge in [0.15, 0.2) is 0 Å². The maximum absolute atomic E-state index is 12.7. The van der Waals surface area contributed by atoms with Crippen molar-refractivity contribution in [3.05, 3.63) is 51.8 Å². The molecule has 1 aliphatic rings. The van der Waals surface area contributed by atoms with E-state index in [0.717, 1.165) is 10.0 Å². The van der Waals surface area contributed by atoms with Crippen molar-refractivity contribution in [2.75, 3.05) is 20.3 Å². The van der Waals surface area contributed by atoms with Crippen LogP contribution in [0.1, 0.15) is 32.3 Å². The second-order valence-electron chi connectivity index (χ2n) is 6.00. The molecule has 0 bridgehead atoms. The van der Waals surface area contributed by atoms with Crippen molar-refractivity contribution in [2.24, 2.45) is 5.92 Å². The lowest BCUT2D eigenvalue weighted by molar-refractivity contribution is -0.147. The maximum Gasteiger partial charge on any atom is 0.336 e. The van der Waals surface area contributed by atoms with Crippen molar-refractivity contribution >= 4 is 27.9 Å². The van der Waals surface area contributed by atoms with Gasteiger partial charge >= 0.3 is 11.9 Å². The number of rotatable bonds is 6. The molecule has 1 heterocycles. The first-order valence-electron chi connectivity index (χ1n) is 8.69. The fraction of sp³-hybridized carbons (Fsp3) is 0.400. The van der Waals surface area contributed by atoms with Crippen LogP contribution in [0.3, 0.4) is 0 Å². The smallest absolute Gasteiger partial charge is 0.336 e. The fourth-order valence-corrected chi connectivity index (χ4v) is 3.70. The molecule has 0 aliphatic carbocycles. The summed E-state index contributed by atoms with van der Waals surface area (Å²) in [5.74, 6) is -1.73. The van der Waals surface area contributed by atoms with Gasteiger partial charge in [0.25, 0.3) is 0 Å². The van der Waals surface area contributed by atoms with Crippen LogP contribution in [0.4, 0.5) is 0 Å². The lowest BCUT2D eigenvalue weighted by atomic mass is 9.75. The first-order chi connectivity index (χ1) is 12.8. The number of carbonyl (C=O) groups is 2. The maximum atomic E-state index is 12.7. The molecule has 27 heavy (non-hydrogen) atoms. The number of allylic oxidation sites excluding steroid dienone is 1. The zero-order chi connectivity index (χ0) is 20.1. The molecule has 1 aliphatic heterocycles. The van der Waals surface area contributed by atoms with Crippen LogP contribution < -0.4 is 10.1 Å². The Bertz CT molecular complexity index is 787. The molecule has 0 saturated carbocycles. The summed E-state index contributed by atoms with van der Waals surface area (Å²) in [6.07, 6.45) is 0. The Morgan fingerprint density at radius 1 is 1.22 bits per heavy atom. The van der Waals surface area contributed by atoms with Gasteiger partial charge < -0.3 is 19.5 Å². The molecule has 0 amide bonds. The van der Waals surface area contributed by atoms with Crippen molar-refractivity contribution in [3.8, 4) is 5.75 Å². The second-order valence-corrected chi connectivity index (χ2v) is 6.86. The number of esters is 2. The van der Waals surface area contributed by atoms with E-state index in [1.807, 2.05) is 6.07 Å². The highest BCUT2D eigenvalue weighted by atomic mass is 79.9. The Morgan fingerprint density at radius 2 is 1.89 bits per heavy atom. The average molecular weight is 438 g/mol. The predicted octanol–water partition coefficient (Wildman–Crippen LogP) is 3.67. The van der Waals surface area contributed by atoms with Gasteiger partial charge in [-0.15, -0.1) is 0 Å². The van der Waals surface area contributed by atoms with Gasteiger partial charge in [-0.2, -0.15) is 0 Å². The number of carbonyl (C=O) groups excluding carboxylic acids is 2. The van der Waals surface area contributed by atoms with Crippen molar-refractivity contribution in [3.63, 3.8) is 0 Å². The highest BCUT2D eigenvalue weighted by molar-refractivity contribution is 9.10. The topological polar surface area (TPSA) is 73.9 Å². The van der Waals surface area contributed by atoms with E-state index in [-0.39, 0.29) is 13.2 Å². The zero-order valence-electron chi connectivity index (χ0n) is 15.9. The monoisotopic (exact) mass is 437 g/mol. The SMILES string of the molecule is C=C1NC(C)=C(C(=O)OCC)C(c2cc(OC)ccc2Br)C1C(=O)OCC. The van der Waals surface area contributed by atoms with Crippen LogP contribution in [-0.4, -0.2) is 32.3 Å². The van der Waals surface area contributed by atoms with Crippen LogP contribution in [0.15, 0.2) is 46.2 Å². The Labute approximate surface area is 167 Å². The van der Waals surface area contributed by atoms with E-state index in [9.17, 15) is 9.59 Å². The van der Waals surface area contributed by atoms with E-state index in [4.69, 9.17) is 14.2 Å². The normalized spacial score (nSPS) is 19.4. The Balaban J connectivity index is 2.70. The number of nitrogens with one attached hydrogen (secondary N) is 1. The highest BCUT2D eigenvalue weighted by Gasteiger charge is 2.43. The molecule has 0 fully saturated rings. The number of halogens is 1. The molecule has 1 N–H and O–H groups in total. The molecule has 1 aromatic carbocycles. The second kappa shape index (κ2) is 9.08. The minimum absolute atomic E-state index is 0.228. The summed E-state index contributed by atoms with van der Waals surface area (Å²) in [6, 6.07) is 5.41. The van der Waals surface area contributed by atoms with E-state index in [2.05, 4.69) is 27.8 Å². The minimum Gasteiger partial charge on any atom is -0.497 e. The molecule has 2 atom stereocenters. The quantitative estimate of drug-likeness (QED) is 0.684. The van der Waals surface area contributed by atoms with Gasteiger partial charge in [0, 0.05) is 21.8 Å². The summed E-state index contributed by atoms with van der Waals surface area (Å²) in [5, 5.41) is 3.04. The van der Waals surface area contributed by atoms with Crippen molar-refractivity contribution in [1.29, 1.82) is 0 Å². The summed E-state index contributed by atoms with van der Waals surface area (Å²) < 4.78 is 16.6. The minimum atomic E-state index is -0.781. The number of methoxy groups -OCH3 is 1. The molecule has 0 spiro atoms. The molecular formula is C20H24BrNO5. The van der Waals surface area contributed by atoms with Gasteiger partial charge in [-0.3, -0.25) is 4.79 Å². The largest absolute Gasteiger partial charge is 0.497 e. The molecule has 6 nitrogen and oxygen atoms in total. The Hall–Kier alpha value is -2.28. The summed E-state index contributed by atoms with van der Waals surface area (Å²) in [4.78, 5) is 25.5. The van der Waals surface area contributed by atoms with E-state index in [1.165, 1.54) is 0 Å². The highest BCUT2D eigenvalue weighted by Crippen LogP contribution is 2.44. The number of benzene rings is 1. The molecule has 2 rings (SSSR count). The molecule has 2 unspecified atom stereocenters. The van der Waals surface area contributed by atoms with Crippen LogP contribution in [0, 0.1) is 5.92 Å². The molecule has 1 aromatic rings. The molecule has 146 valence electrons. The summed E-state index contributed by atoms with van der Waals surface area (Å²) >= 11 is 3.53. The van der Waals surface area contributed by atoms with Gasteiger partial charge in [0.05, 0.1) is 25.9 Å². The third-order valence-corrected chi connectivity index (χ3v) is 5.07. The number of hydrogen-bond donors (Lipinski definition) is 1. The molecule has 0 radical (unpaired) electrons. The van der Waals surface area contributed by atoms with Crippen molar-refractivity contribution < 1.29 is 23.8 Å². The summed E-state index contributed by atoms with van der Waals surface area (Å²) in [6.45, 7) is 9.69. The van der Waals surface area contributed by atoms with E-state index in [1.54, 1.807) is 40.0 Å². The molecule has 7 heteroatoms. The predicted molar refractivity (Wildman–Crippen MR) is 105 cm³/mol. The van der Waals surface area contributed by atoms with Gasteiger partial charge in [-0.25, -0.2) is 4.79 Å². The zero-order valence-corrected chi connectivity index (χ0v) is 17.5. The van der Waals surface area contributed by atoms with Gasteiger partial charge in [0.2, 0.25) is 0 Å². The van der Waals surface area contributed by atoms with Gasteiger partial charge in [-0.1, -0.05) is 22.5 Å². The first kappa shape index (κ1) is 21.0. The van der Waals surface area contributed by atoms with Crippen LogP contribution in [0.2, 0.25) is 0 Å². The number of ether oxygens (including phenoxy) is 3. The average Bonchev–Trinajstić information content (AvgIpc) is 2.61.